The van der Waals surface area contributed by atoms with Crippen molar-refractivity contribution < 1.29 is 9.53 Å². The molecule has 0 bridgehead atoms. The summed E-state index contributed by atoms with van der Waals surface area (Å²) in [6.45, 7) is 3.52. The topological polar surface area (TPSA) is 64.1 Å². The van der Waals surface area contributed by atoms with Crippen molar-refractivity contribution in [3.8, 4) is 0 Å². The molecule has 22 heavy (non-hydrogen) atoms. The lowest BCUT2D eigenvalue weighted by atomic mass is 10.2. The van der Waals surface area contributed by atoms with Gasteiger partial charge in [-0.15, -0.1) is 23.1 Å². The minimum absolute atomic E-state index is 0.0785. The maximum Gasteiger partial charge on any atom is 0.220 e. The summed E-state index contributed by atoms with van der Waals surface area (Å²) >= 11 is 3.28. The molecule has 0 saturated carbocycles. The summed E-state index contributed by atoms with van der Waals surface area (Å²) in [6, 6.07) is 2.11. The van der Waals surface area contributed by atoms with Gasteiger partial charge in [-0.05, 0) is 25.8 Å². The molecule has 1 unspecified atom stereocenters. The van der Waals surface area contributed by atoms with Crippen molar-refractivity contribution in [2.45, 2.75) is 37.3 Å². The van der Waals surface area contributed by atoms with Crippen LogP contribution < -0.4 is 5.32 Å². The molecule has 7 heteroatoms. The van der Waals surface area contributed by atoms with Gasteiger partial charge in [-0.1, -0.05) is 0 Å². The summed E-state index contributed by atoms with van der Waals surface area (Å²) in [4.78, 5) is 22.7. The van der Waals surface area contributed by atoms with Crippen LogP contribution in [0.3, 0.4) is 0 Å². The molecule has 118 valence electrons. The Kier molecular flexibility index (Phi) is 5.28. The molecule has 1 atom stereocenters. The van der Waals surface area contributed by atoms with Gasteiger partial charge in [0, 0.05) is 35.6 Å². The van der Waals surface area contributed by atoms with E-state index in [0.717, 1.165) is 40.4 Å². The van der Waals surface area contributed by atoms with E-state index in [1.165, 1.54) is 4.88 Å². The Morgan fingerprint density at radius 3 is 3.27 bits per heavy atom. The second-order valence-electron chi connectivity index (χ2n) is 5.29. The normalized spacial score (nSPS) is 18.0. The van der Waals surface area contributed by atoms with Crippen LogP contribution in [0.1, 0.15) is 24.1 Å². The van der Waals surface area contributed by atoms with E-state index < -0.39 is 0 Å². The van der Waals surface area contributed by atoms with E-state index in [9.17, 15) is 4.79 Å². The van der Waals surface area contributed by atoms with Crippen LogP contribution in [-0.2, 0) is 9.53 Å². The third-order valence-electron chi connectivity index (χ3n) is 3.53. The first-order valence-corrected chi connectivity index (χ1v) is 9.25. The number of amides is 1. The number of thiophene rings is 1. The average Bonchev–Trinajstić information content (AvgIpc) is 3.13. The Balaban J connectivity index is 1.46. The van der Waals surface area contributed by atoms with Gasteiger partial charge in [0.1, 0.15) is 16.2 Å². The molecule has 1 N–H and O–H groups in total. The van der Waals surface area contributed by atoms with Crippen molar-refractivity contribution in [3.63, 3.8) is 0 Å². The molecule has 5 nitrogen and oxygen atoms in total. The molecule has 2 aromatic heterocycles. The van der Waals surface area contributed by atoms with E-state index in [-0.39, 0.29) is 12.0 Å². The third kappa shape index (κ3) is 3.97. The second kappa shape index (κ2) is 7.39. The molecule has 1 fully saturated rings. The van der Waals surface area contributed by atoms with E-state index in [2.05, 4.69) is 28.3 Å². The molecule has 1 saturated heterocycles. The molecule has 0 spiro atoms. The van der Waals surface area contributed by atoms with Crippen molar-refractivity contribution in [1.82, 2.24) is 15.3 Å². The summed E-state index contributed by atoms with van der Waals surface area (Å²) < 4.78 is 5.49. The number of carbonyl (C=O) groups is 1. The lowest BCUT2D eigenvalue weighted by Crippen LogP contribution is -2.31. The van der Waals surface area contributed by atoms with Gasteiger partial charge in [0.05, 0.1) is 6.10 Å². The van der Waals surface area contributed by atoms with E-state index in [1.54, 1.807) is 29.4 Å². The highest BCUT2D eigenvalue weighted by molar-refractivity contribution is 7.99. The van der Waals surface area contributed by atoms with Crippen LogP contribution in [0, 0.1) is 6.92 Å². The zero-order valence-electron chi connectivity index (χ0n) is 12.5. The summed E-state index contributed by atoms with van der Waals surface area (Å²) in [5.41, 5.74) is 0. The number of aromatic nitrogens is 2. The number of nitrogens with one attached hydrogen (secondary N) is 1. The minimum atomic E-state index is 0.0785. The van der Waals surface area contributed by atoms with Crippen LogP contribution in [0.15, 0.2) is 17.4 Å². The van der Waals surface area contributed by atoms with Gasteiger partial charge in [0.15, 0.2) is 0 Å². The van der Waals surface area contributed by atoms with E-state index in [1.807, 2.05) is 0 Å². The standard InChI is InChI=1S/C15H19N3O2S2/c1-10-7-12-14(17-9-18-15(12)22-10)21-6-4-13(19)16-8-11-3-2-5-20-11/h7,9,11H,2-6,8H2,1H3,(H,16,19). The van der Waals surface area contributed by atoms with E-state index >= 15 is 0 Å². The van der Waals surface area contributed by atoms with Crippen LogP contribution in [-0.4, -0.2) is 40.9 Å². The highest BCUT2D eigenvalue weighted by Gasteiger charge is 2.16. The van der Waals surface area contributed by atoms with Crippen molar-refractivity contribution >= 4 is 39.2 Å². The lowest BCUT2D eigenvalue weighted by molar-refractivity contribution is -0.121. The second-order valence-corrected chi connectivity index (χ2v) is 7.61. The molecule has 3 heterocycles. The fourth-order valence-corrected chi connectivity index (χ4v) is 4.26. The maximum absolute atomic E-state index is 11.8. The predicted molar refractivity (Wildman–Crippen MR) is 89.5 cm³/mol. The van der Waals surface area contributed by atoms with Crippen LogP contribution in [0.2, 0.25) is 0 Å². The lowest BCUT2D eigenvalue weighted by Gasteiger charge is -2.10. The molecule has 1 aliphatic rings. The van der Waals surface area contributed by atoms with Gasteiger partial charge in [-0.25, -0.2) is 9.97 Å². The zero-order valence-corrected chi connectivity index (χ0v) is 14.1. The van der Waals surface area contributed by atoms with Crippen molar-refractivity contribution in [2.75, 3.05) is 18.9 Å². The highest BCUT2D eigenvalue weighted by atomic mass is 32.2. The highest BCUT2D eigenvalue weighted by Crippen LogP contribution is 2.30. The summed E-state index contributed by atoms with van der Waals surface area (Å²) in [5, 5.41) is 5.00. The van der Waals surface area contributed by atoms with Crippen LogP contribution in [0.4, 0.5) is 0 Å². The van der Waals surface area contributed by atoms with Crippen LogP contribution >= 0.6 is 23.1 Å². The monoisotopic (exact) mass is 337 g/mol. The maximum atomic E-state index is 11.8. The molecule has 1 aliphatic heterocycles. The van der Waals surface area contributed by atoms with Crippen molar-refractivity contribution in [3.05, 3.63) is 17.3 Å². The number of carbonyl (C=O) groups excluding carboxylic acids is 1. The van der Waals surface area contributed by atoms with E-state index in [0.29, 0.717) is 13.0 Å². The molecular formula is C15H19N3O2S2. The first-order chi connectivity index (χ1) is 10.7. The van der Waals surface area contributed by atoms with Crippen LogP contribution in [0.25, 0.3) is 10.2 Å². The zero-order chi connectivity index (χ0) is 15.4. The Bertz CT molecular complexity index is 653. The number of rotatable bonds is 6. The smallest absolute Gasteiger partial charge is 0.220 e. The van der Waals surface area contributed by atoms with E-state index in [4.69, 9.17) is 4.74 Å². The number of fused-ring (bicyclic) bond motifs is 1. The van der Waals surface area contributed by atoms with Gasteiger partial charge in [-0.3, -0.25) is 4.79 Å². The Morgan fingerprint density at radius 1 is 1.55 bits per heavy atom. The molecule has 1 amide bonds. The molecule has 0 aliphatic carbocycles. The number of aryl methyl sites for hydroxylation is 1. The van der Waals surface area contributed by atoms with Gasteiger partial charge in [0.25, 0.3) is 0 Å². The third-order valence-corrected chi connectivity index (χ3v) is 5.50. The number of hydrogen-bond acceptors (Lipinski definition) is 6. The molecule has 0 aromatic carbocycles. The summed E-state index contributed by atoms with van der Waals surface area (Å²) in [6.07, 6.45) is 4.43. The molecular weight excluding hydrogens is 318 g/mol. The largest absolute Gasteiger partial charge is 0.376 e. The molecule has 0 radical (unpaired) electrons. The van der Waals surface area contributed by atoms with Crippen molar-refractivity contribution in [1.29, 1.82) is 0 Å². The number of thioether (sulfide) groups is 1. The first-order valence-electron chi connectivity index (χ1n) is 7.44. The average molecular weight is 337 g/mol. The van der Waals surface area contributed by atoms with Gasteiger partial charge in [-0.2, -0.15) is 0 Å². The number of ether oxygens (including phenoxy) is 1. The van der Waals surface area contributed by atoms with Gasteiger partial charge in [0.2, 0.25) is 5.91 Å². The van der Waals surface area contributed by atoms with Gasteiger partial charge >= 0.3 is 0 Å². The quantitative estimate of drug-likeness (QED) is 0.649. The fourth-order valence-electron chi connectivity index (χ4n) is 2.43. The summed E-state index contributed by atoms with van der Waals surface area (Å²) in [5.74, 6) is 0.799. The Labute approximate surface area is 137 Å². The number of hydrogen-bond donors (Lipinski definition) is 1. The van der Waals surface area contributed by atoms with Crippen molar-refractivity contribution in [2.24, 2.45) is 0 Å². The fraction of sp³-hybridized carbons (Fsp3) is 0.533. The number of nitrogens with zero attached hydrogens (tertiary/aromatic N) is 2. The summed E-state index contributed by atoms with van der Waals surface area (Å²) in [7, 11) is 0. The predicted octanol–water partition coefficient (Wildman–Crippen LogP) is 2.78. The first kappa shape index (κ1) is 15.7. The Morgan fingerprint density at radius 2 is 2.45 bits per heavy atom. The minimum Gasteiger partial charge on any atom is -0.376 e. The molecule has 3 rings (SSSR count). The molecule has 2 aromatic rings. The Hall–Kier alpha value is -1.18. The SMILES string of the molecule is Cc1cc2c(SCCC(=O)NCC3CCCO3)ncnc2s1. The van der Waals surface area contributed by atoms with Gasteiger partial charge < -0.3 is 10.1 Å². The van der Waals surface area contributed by atoms with Crippen LogP contribution in [0.5, 0.6) is 0 Å².